The summed E-state index contributed by atoms with van der Waals surface area (Å²) in [5.74, 6) is -0.995. The largest absolute Gasteiger partial charge is 0.479 e. The molecule has 0 saturated carbocycles. The SMILES string of the molecule is CC(C)(C)COC/C=C1\O[C@@H]2CC(=O)N2[C@@]1(Cc1ccccc1)C(=O)O. The molecule has 0 aromatic heterocycles. The van der Waals surface area contributed by atoms with Crippen LogP contribution < -0.4 is 0 Å². The molecule has 6 nitrogen and oxygen atoms in total. The van der Waals surface area contributed by atoms with Crippen molar-refractivity contribution in [2.75, 3.05) is 13.2 Å². The van der Waals surface area contributed by atoms with Crippen molar-refractivity contribution in [3.05, 3.63) is 47.7 Å². The number of rotatable bonds is 6. The third kappa shape index (κ3) is 3.33. The number of amides is 1. The molecule has 1 aromatic carbocycles. The molecule has 1 amide bonds. The smallest absolute Gasteiger partial charge is 0.338 e. The highest BCUT2D eigenvalue weighted by atomic mass is 16.5. The first kappa shape index (κ1) is 18.5. The van der Waals surface area contributed by atoms with Crippen LogP contribution in [0.5, 0.6) is 0 Å². The van der Waals surface area contributed by atoms with E-state index >= 15 is 0 Å². The van der Waals surface area contributed by atoms with Gasteiger partial charge < -0.3 is 14.6 Å². The molecule has 2 fully saturated rings. The van der Waals surface area contributed by atoms with Gasteiger partial charge in [-0.2, -0.15) is 0 Å². The Morgan fingerprint density at radius 2 is 2.08 bits per heavy atom. The van der Waals surface area contributed by atoms with Gasteiger partial charge in [0.2, 0.25) is 11.4 Å². The Bertz CT molecular complexity index is 721. The average molecular weight is 359 g/mol. The topological polar surface area (TPSA) is 76.1 Å². The molecule has 1 aromatic rings. The molecule has 0 bridgehead atoms. The number of aliphatic carboxylic acids is 1. The van der Waals surface area contributed by atoms with Crippen LogP contribution in [-0.4, -0.2) is 46.9 Å². The maximum Gasteiger partial charge on any atom is 0.338 e. The van der Waals surface area contributed by atoms with Gasteiger partial charge >= 0.3 is 5.97 Å². The lowest BCUT2D eigenvalue weighted by molar-refractivity contribution is -0.170. The van der Waals surface area contributed by atoms with E-state index in [9.17, 15) is 14.7 Å². The zero-order valence-electron chi connectivity index (χ0n) is 15.4. The monoisotopic (exact) mass is 359 g/mol. The lowest BCUT2D eigenvalue weighted by atomic mass is 9.85. The molecule has 2 aliphatic rings. The number of ether oxygens (including phenoxy) is 2. The number of carbonyl (C=O) groups excluding carboxylic acids is 1. The van der Waals surface area contributed by atoms with Gasteiger partial charge in [0.25, 0.3) is 0 Å². The molecule has 2 heterocycles. The predicted molar refractivity (Wildman–Crippen MR) is 95.2 cm³/mol. The van der Waals surface area contributed by atoms with E-state index in [1.165, 1.54) is 4.90 Å². The number of nitrogens with zero attached hydrogens (tertiary/aromatic N) is 1. The van der Waals surface area contributed by atoms with E-state index in [4.69, 9.17) is 9.47 Å². The fourth-order valence-electron chi connectivity index (χ4n) is 3.37. The minimum Gasteiger partial charge on any atom is -0.479 e. The van der Waals surface area contributed by atoms with E-state index in [0.717, 1.165) is 5.56 Å². The normalized spacial score (nSPS) is 26.4. The minimum absolute atomic E-state index is 0.0153. The molecule has 26 heavy (non-hydrogen) atoms. The first-order valence-corrected chi connectivity index (χ1v) is 8.78. The molecular formula is C20H25NO5. The standard InChI is InChI=1S/C20H25NO5/c1-19(2,3)13-25-10-9-15-20(18(23)24,12-14-7-5-4-6-8-14)21-16(22)11-17(21)26-15/h4-9,17H,10-13H2,1-3H3,(H,23,24)/b15-9-/t17-,20-/m1/s1. The van der Waals surface area contributed by atoms with Crippen LogP contribution in [-0.2, 0) is 25.5 Å². The van der Waals surface area contributed by atoms with Gasteiger partial charge in [-0.25, -0.2) is 4.79 Å². The summed E-state index contributed by atoms with van der Waals surface area (Å²) in [6.45, 7) is 6.97. The third-order valence-corrected chi connectivity index (χ3v) is 4.57. The number of fused-ring (bicyclic) bond motifs is 1. The zero-order valence-corrected chi connectivity index (χ0v) is 15.4. The van der Waals surface area contributed by atoms with Gasteiger partial charge in [0.15, 0.2) is 6.23 Å². The van der Waals surface area contributed by atoms with Gasteiger partial charge in [-0.15, -0.1) is 0 Å². The summed E-state index contributed by atoms with van der Waals surface area (Å²) in [6, 6.07) is 9.29. The molecule has 1 N–H and O–H groups in total. The Hall–Kier alpha value is -2.34. The Morgan fingerprint density at radius 1 is 1.38 bits per heavy atom. The van der Waals surface area contributed by atoms with Crippen LogP contribution in [0.4, 0.5) is 0 Å². The summed E-state index contributed by atoms with van der Waals surface area (Å²) in [7, 11) is 0. The first-order chi connectivity index (χ1) is 12.2. The van der Waals surface area contributed by atoms with Crippen LogP contribution >= 0.6 is 0 Å². The quantitative estimate of drug-likeness (QED) is 0.624. The molecule has 140 valence electrons. The van der Waals surface area contributed by atoms with Crippen molar-refractivity contribution in [3.63, 3.8) is 0 Å². The Labute approximate surface area is 153 Å². The molecule has 2 saturated heterocycles. The van der Waals surface area contributed by atoms with Crippen LogP contribution in [0.2, 0.25) is 0 Å². The molecule has 0 spiro atoms. The van der Waals surface area contributed by atoms with E-state index < -0.39 is 17.7 Å². The van der Waals surface area contributed by atoms with Gasteiger partial charge in [0, 0.05) is 6.42 Å². The van der Waals surface area contributed by atoms with Gasteiger partial charge in [0.1, 0.15) is 5.76 Å². The second-order valence-electron chi connectivity index (χ2n) is 8.01. The number of hydrogen-bond donors (Lipinski definition) is 1. The van der Waals surface area contributed by atoms with Crippen LogP contribution in [0.3, 0.4) is 0 Å². The molecule has 3 rings (SSSR count). The predicted octanol–water partition coefficient (Wildman–Crippen LogP) is 2.59. The zero-order chi connectivity index (χ0) is 18.9. The maximum atomic E-state index is 12.3. The lowest BCUT2D eigenvalue weighted by Gasteiger charge is -2.40. The highest BCUT2D eigenvalue weighted by Crippen LogP contribution is 2.46. The number of carboxylic acids is 1. The molecule has 2 aliphatic heterocycles. The van der Waals surface area contributed by atoms with Gasteiger partial charge in [-0.05, 0) is 17.1 Å². The van der Waals surface area contributed by atoms with Crippen LogP contribution in [0, 0.1) is 5.41 Å². The van der Waals surface area contributed by atoms with Crippen molar-refractivity contribution in [3.8, 4) is 0 Å². The number of carboxylic acid groups (broad SMARTS) is 1. The summed E-state index contributed by atoms with van der Waals surface area (Å²) in [4.78, 5) is 25.8. The fourth-order valence-corrected chi connectivity index (χ4v) is 3.37. The highest BCUT2D eigenvalue weighted by molar-refractivity contribution is 5.94. The van der Waals surface area contributed by atoms with Crippen molar-refractivity contribution in [2.24, 2.45) is 5.41 Å². The van der Waals surface area contributed by atoms with Crippen molar-refractivity contribution < 1.29 is 24.2 Å². The first-order valence-electron chi connectivity index (χ1n) is 8.78. The molecule has 6 heteroatoms. The number of β-lactam (4-membered cyclic amide) rings is 1. The van der Waals surface area contributed by atoms with E-state index in [-0.39, 0.29) is 30.8 Å². The Kier molecular flexibility index (Phi) is 4.80. The Balaban J connectivity index is 1.88. The van der Waals surface area contributed by atoms with Crippen LogP contribution in [0.25, 0.3) is 0 Å². The van der Waals surface area contributed by atoms with Crippen LogP contribution in [0.15, 0.2) is 42.2 Å². The third-order valence-electron chi connectivity index (χ3n) is 4.57. The average Bonchev–Trinajstić information content (AvgIpc) is 2.80. The Morgan fingerprint density at radius 3 is 2.65 bits per heavy atom. The summed E-state index contributed by atoms with van der Waals surface area (Å²) in [5, 5.41) is 10.1. The summed E-state index contributed by atoms with van der Waals surface area (Å²) < 4.78 is 11.5. The van der Waals surface area contributed by atoms with E-state index in [1.54, 1.807) is 6.08 Å². The van der Waals surface area contributed by atoms with Crippen molar-refractivity contribution >= 4 is 11.9 Å². The second kappa shape index (κ2) is 6.76. The van der Waals surface area contributed by atoms with Crippen molar-refractivity contribution in [1.29, 1.82) is 0 Å². The minimum atomic E-state index is -1.51. The fraction of sp³-hybridized carbons (Fsp3) is 0.500. The lowest BCUT2D eigenvalue weighted by Crippen LogP contribution is -2.63. The summed E-state index contributed by atoms with van der Waals surface area (Å²) in [6.07, 6.45) is 1.53. The van der Waals surface area contributed by atoms with Gasteiger partial charge in [0.05, 0.1) is 19.6 Å². The molecule has 2 atom stereocenters. The van der Waals surface area contributed by atoms with Crippen LogP contribution in [0.1, 0.15) is 32.8 Å². The van der Waals surface area contributed by atoms with Gasteiger partial charge in [-0.1, -0.05) is 51.1 Å². The maximum absolute atomic E-state index is 12.3. The van der Waals surface area contributed by atoms with Gasteiger partial charge in [-0.3, -0.25) is 9.69 Å². The second-order valence-corrected chi connectivity index (χ2v) is 8.01. The summed E-state index contributed by atoms with van der Waals surface area (Å²) >= 11 is 0. The van der Waals surface area contributed by atoms with E-state index in [1.807, 2.05) is 30.3 Å². The highest BCUT2D eigenvalue weighted by Gasteiger charge is 2.64. The number of benzene rings is 1. The van der Waals surface area contributed by atoms with E-state index in [2.05, 4.69) is 20.8 Å². The van der Waals surface area contributed by atoms with Crippen molar-refractivity contribution in [2.45, 2.75) is 45.4 Å². The van der Waals surface area contributed by atoms with Crippen molar-refractivity contribution in [1.82, 2.24) is 4.90 Å². The molecule has 0 unspecified atom stereocenters. The molecular weight excluding hydrogens is 334 g/mol. The van der Waals surface area contributed by atoms with E-state index in [0.29, 0.717) is 12.4 Å². The number of hydrogen-bond acceptors (Lipinski definition) is 4. The molecule has 0 aliphatic carbocycles. The molecule has 0 radical (unpaired) electrons. The summed E-state index contributed by atoms with van der Waals surface area (Å²) in [5.41, 5.74) is -0.658. The number of carbonyl (C=O) groups is 2.